The molecule has 1 spiro atoms. The number of carbonyl (C=O) groups is 1. The van der Waals surface area contributed by atoms with Gasteiger partial charge in [0.15, 0.2) is 0 Å². The SMILES string of the molecule is C=C1C=NC(c2ccc(C(=O)N3CCC4(CC3)COC4)cc2)=CN1/C(=C\C)c1ccc(C#N)cc1. The minimum absolute atomic E-state index is 0.0831. The molecule has 6 nitrogen and oxygen atoms in total. The van der Waals surface area contributed by atoms with Gasteiger partial charge in [-0.1, -0.05) is 36.9 Å². The molecular weight excluding hydrogens is 436 g/mol. The van der Waals surface area contributed by atoms with E-state index in [0.717, 1.165) is 67.4 Å². The number of amides is 1. The lowest BCUT2D eigenvalue weighted by Crippen LogP contribution is -2.52. The lowest BCUT2D eigenvalue weighted by molar-refractivity contribution is -0.136. The second-order valence-electron chi connectivity index (χ2n) is 9.36. The predicted molar refractivity (Wildman–Crippen MR) is 137 cm³/mol. The quantitative estimate of drug-likeness (QED) is 0.634. The first kappa shape index (κ1) is 22.8. The molecule has 1 amide bonds. The summed E-state index contributed by atoms with van der Waals surface area (Å²) >= 11 is 0. The maximum absolute atomic E-state index is 13.0. The predicted octanol–water partition coefficient (Wildman–Crippen LogP) is 5.07. The molecule has 3 heterocycles. The van der Waals surface area contributed by atoms with Crippen molar-refractivity contribution in [2.45, 2.75) is 19.8 Å². The summed E-state index contributed by atoms with van der Waals surface area (Å²) in [6.45, 7) is 9.37. The average Bonchev–Trinajstić information content (AvgIpc) is 2.89. The number of aliphatic imine (C=N–C) groups is 1. The first-order chi connectivity index (χ1) is 17.0. The zero-order valence-corrected chi connectivity index (χ0v) is 19.9. The molecule has 2 saturated heterocycles. The molecule has 0 aromatic heterocycles. The summed E-state index contributed by atoms with van der Waals surface area (Å²) in [5.74, 6) is 0.0831. The smallest absolute Gasteiger partial charge is 0.253 e. The van der Waals surface area contributed by atoms with E-state index >= 15 is 0 Å². The number of likely N-dealkylation sites (tertiary alicyclic amines) is 1. The van der Waals surface area contributed by atoms with E-state index in [9.17, 15) is 4.79 Å². The summed E-state index contributed by atoms with van der Waals surface area (Å²) in [7, 11) is 0. The van der Waals surface area contributed by atoms with Gasteiger partial charge in [0.2, 0.25) is 0 Å². The van der Waals surface area contributed by atoms with E-state index in [1.54, 1.807) is 6.21 Å². The highest BCUT2D eigenvalue weighted by atomic mass is 16.5. The van der Waals surface area contributed by atoms with E-state index in [-0.39, 0.29) is 5.91 Å². The normalized spacial score (nSPS) is 19.3. The Morgan fingerprint density at radius 3 is 2.31 bits per heavy atom. The van der Waals surface area contributed by atoms with Gasteiger partial charge in [0.25, 0.3) is 5.91 Å². The van der Waals surface area contributed by atoms with E-state index in [4.69, 9.17) is 10.00 Å². The number of nitrogens with zero attached hydrogens (tertiary/aromatic N) is 4. The number of allylic oxidation sites excluding steroid dienone is 2. The molecule has 3 aliphatic rings. The number of rotatable bonds is 4. The molecule has 0 radical (unpaired) electrons. The molecule has 2 fully saturated rings. The lowest BCUT2D eigenvalue weighted by Gasteiger charge is -2.47. The third kappa shape index (κ3) is 4.43. The Morgan fingerprint density at radius 2 is 1.74 bits per heavy atom. The van der Waals surface area contributed by atoms with Crippen LogP contribution in [0.4, 0.5) is 0 Å². The van der Waals surface area contributed by atoms with Gasteiger partial charge in [-0.25, -0.2) is 0 Å². The van der Waals surface area contributed by atoms with Crippen molar-refractivity contribution in [1.82, 2.24) is 9.80 Å². The van der Waals surface area contributed by atoms with E-state index in [0.29, 0.717) is 16.5 Å². The third-order valence-electron chi connectivity index (χ3n) is 7.11. The number of nitriles is 1. The van der Waals surface area contributed by atoms with Crippen LogP contribution in [0, 0.1) is 16.7 Å². The van der Waals surface area contributed by atoms with Crippen molar-refractivity contribution in [1.29, 1.82) is 5.26 Å². The molecule has 0 N–H and O–H groups in total. The molecule has 5 rings (SSSR count). The van der Waals surface area contributed by atoms with Gasteiger partial charge in [0, 0.05) is 41.5 Å². The van der Waals surface area contributed by atoms with Gasteiger partial charge in [-0.3, -0.25) is 9.79 Å². The van der Waals surface area contributed by atoms with Crippen molar-refractivity contribution in [3.05, 3.63) is 95.3 Å². The Balaban J connectivity index is 1.32. The van der Waals surface area contributed by atoms with Crippen LogP contribution >= 0.6 is 0 Å². The number of benzene rings is 2. The monoisotopic (exact) mass is 464 g/mol. The van der Waals surface area contributed by atoms with Crippen molar-refractivity contribution in [2.75, 3.05) is 26.3 Å². The van der Waals surface area contributed by atoms with Crippen LogP contribution in [0.15, 0.2) is 78.1 Å². The molecule has 6 heteroatoms. The largest absolute Gasteiger partial charge is 0.380 e. The fourth-order valence-corrected chi connectivity index (χ4v) is 4.81. The molecule has 176 valence electrons. The van der Waals surface area contributed by atoms with Crippen LogP contribution in [-0.2, 0) is 4.74 Å². The number of piperidine rings is 1. The molecule has 0 saturated carbocycles. The Morgan fingerprint density at radius 1 is 1.09 bits per heavy atom. The van der Waals surface area contributed by atoms with Gasteiger partial charge in [-0.05, 0) is 49.6 Å². The zero-order valence-electron chi connectivity index (χ0n) is 19.9. The molecule has 2 aromatic rings. The molecule has 0 aliphatic carbocycles. The molecule has 35 heavy (non-hydrogen) atoms. The van der Waals surface area contributed by atoms with Crippen molar-refractivity contribution in [2.24, 2.45) is 10.4 Å². The third-order valence-corrected chi connectivity index (χ3v) is 7.11. The van der Waals surface area contributed by atoms with E-state index in [2.05, 4.69) is 17.6 Å². The fraction of sp³-hybridized carbons (Fsp3) is 0.276. The fourth-order valence-electron chi connectivity index (χ4n) is 4.81. The Bertz CT molecular complexity index is 1270. The van der Waals surface area contributed by atoms with Gasteiger partial charge in [-0.15, -0.1) is 0 Å². The number of hydrogen-bond acceptors (Lipinski definition) is 5. The molecule has 0 bridgehead atoms. The first-order valence-electron chi connectivity index (χ1n) is 11.9. The summed E-state index contributed by atoms with van der Waals surface area (Å²) in [5, 5.41) is 9.09. The van der Waals surface area contributed by atoms with Crippen molar-refractivity contribution in [3.63, 3.8) is 0 Å². The van der Waals surface area contributed by atoms with E-state index in [1.807, 2.05) is 77.5 Å². The molecule has 2 aromatic carbocycles. The molecule has 0 unspecified atom stereocenters. The minimum atomic E-state index is 0.0831. The van der Waals surface area contributed by atoms with Crippen LogP contribution in [0.25, 0.3) is 11.4 Å². The van der Waals surface area contributed by atoms with Gasteiger partial charge < -0.3 is 14.5 Å². The number of hydrogen-bond donors (Lipinski definition) is 0. The number of carbonyl (C=O) groups excluding carboxylic acids is 1. The highest BCUT2D eigenvalue weighted by Crippen LogP contribution is 2.38. The maximum Gasteiger partial charge on any atom is 0.253 e. The van der Waals surface area contributed by atoms with Crippen LogP contribution < -0.4 is 0 Å². The Kier molecular flexibility index (Phi) is 6.10. The van der Waals surface area contributed by atoms with E-state index in [1.165, 1.54) is 0 Å². The van der Waals surface area contributed by atoms with Gasteiger partial charge in [0.05, 0.1) is 42.5 Å². The Labute approximate surface area is 206 Å². The summed E-state index contributed by atoms with van der Waals surface area (Å²) in [6.07, 6.45) is 7.75. The zero-order chi connectivity index (χ0) is 24.4. The minimum Gasteiger partial charge on any atom is -0.380 e. The molecular formula is C29H28N4O2. The van der Waals surface area contributed by atoms with Gasteiger partial charge in [-0.2, -0.15) is 5.26 Å². The second kappa shape index (κ2) is 9.36. The first-order valence-corrected chi connectivity index (χ1v) is 11.9. The van der Waals surface area contributed by atoms with E-state index < -0.39 is 0 Å². The summed E-state index contributed by atoms with van der Waals surface area (Å²) in [5.41, 5.74) is 6.02. The highest BCUT2D eigenvalue weighted by Gasteiger charge is 2.42. The van der Waals surface area contributed by atoms with Crippen LogP contribution in [0.5, 0.6) is 0 Å². The molecule has 3 aliphatic heterocycles. The number of ether oxygens (including phenoxy) is 1. The Hall–Kier alpha value is -3.95. The standard InChI is InChI=1S/C29H28N4O2/c1-3-27(24-6-4-22(16-30)5-7-24)33-18-26(31-17-21(33)2)23-8-10-25(11-9-23)28(34)32-14-12-29(13-15-32)19-35-20-29/h3-11,17-18H,2,12-15,19-20H2,1H3/b27-3-. The maximum atomic E-state index is 13.0. The van der Waals surface area contributed by atoms with Crippen LogP contribution in [0.3, 0.4) is 0 Å². The second-order valence-corrected chi connectivity index (χ2v) is 9.36. The van der Waals surface area contributed by atoms with Crippen LogP contribution in [0.1, 0.15) is 46.8 Å². The van der Waals surface area contributed by atoms with Crippen molar-refractivity contribution < 1.29 is 9.53 Å². The lowest BCUT2D eigenvalue weighted by atomic mass is 9.77. The van der Waals surface area contributed by atoms with Crippen LogP contribution in [0.2, 0.25) is 0 Å². The summed E-state index contributed by atoms with van der Waals surface area (Å²) < 4.78 is 5.39. The van der Waals surface area contributed by atoms with Crippen molar-refractivity contribution >= 4 is 23.5 Å². The average molecular weight is 465 g/mol. The van der Waals surface area contributed by atoms with Gasteiger partial charge in [0.1, 0.15) is 0 Å². The van der Waals surface area contributed by atoms with Crippen molar-refractivity contribution in [3.8, 4) is 6.07 Å². The van der Waals surface area contributed by atoms with Crippen LogP contribution in [-0.4, -0.2) is 48.2 Å². The summed E-state index contributed by atoms with van der Waals surface area (Å²) in [4.78, 5) is 21.6. The molecule has 0 atom stereocenters. The topological polar surface area (TPSA) is 68.9 Å². The summed E-state index contributed by atoms with van der Waals surface area (Å²) in [6, 6.07) is 17.3. The highest BCUT2D eigenvalue weighted by molar-refractivity contribution is 5.95. The van der Waals surface area contributed by atoms with Gasteiger partial charge >= 0.3 is 0 Å².